The Bertz CT molecular complexity index is 1060. The molecule has 0 bridgehead atoms. The van der Waals surface area contributed by atoms with Gasteiger partial charge in [-0.1, -0.05) is 73.7 Å². The van der Waals surface area contributed by atoms with Crippen LogP contribution in [-0.2, 0) is 11.2 Å². The van der Waals surface area contributed by atoms with Crippen LogP contribution in [0.5, 0.6) is 0 Å². The normalized spacial score (nSPS) is 12.3. The monoisotopic (exact) mass is 400 g/mol. The maximum absolute atomic E-state index is 13.2. The fourth-order valence-corrected chi connectivity index (χ4v) is 3.19. The van der Waals surface area contributed by atoms with Gasteiger partial charge in [-0.05, 0) is 41.7 Å². The van der Waals surface area contributed by atoms with Crippen LogP contribution in [0.3, 0.4) is 0 Å². The lowest BCUT2D eigenvalue weighted by Gasteiger charge is -2.17. The molecule has 1 amide bonds. The van der Waals surface area contributed by atoms with Gasteiger partial charge in [0.2, 0.25) is 0 Å². The van der Waals surface area contributed by atoms with E-state index < -0.39 is 4.92 Å². The Labute approximate surface area is 176 Å². The fraction of sp³-hybridized carbons (Fsp3) is 0.160. The lowest BCUT2D eigenvalue weighted by atomic mass is 10.00. The van der Waals surface area contributed by atoms with Gasteiger partial charge in [-0.3, -0.25) is 14.9 Å². The molecule has 1 atom stereocenters. The molecule has 5 heteroatoms. The van der Waals surface area contributed by atoms with Gasteiger partial charge in [0.25, 0.3) is 11.6 Å². The van der Waals surface area contributed by atoms with Crippen LogP contribution in [0.4, 0.5) is 5.69 Å². The first-order valence-corrected chi connectivity index (χ1v) is 9.89. The highest BCUT2D eigenvalue weighted by molar-refractivity contribution is 6.24. The van der Waals surface area contributed by atoms with Gasteiger partial charge in [0.05, 0.1) is 11.0 Å². The Morgan fingerprint density at radius 1 is 1.03 bits per heavy atom. The number of nitrogens with one attached hydrogen (secondary N) is 1. The maximum atomic E-state index is 13.2. The molecular formula is C25H24N2O3. The molecule has 30 heavy (non-hydrogen) atoms. The van der Waals surface area contributed by atoms with Crippen molar-refractivity contribution < 1.29 is 9.72 Å². The zero-order valence-corrected chi connectivity index (χ0v) is 17.0. The average molecular weight is 400 g/mol. The van der Waals surface area contributed by atoms with Crippen molar-refractivity contribution in [1.82, 2.24) is 5.32 Å². The highest BCUT2D eigenvalue weighted by atomic mass is 16.6. The second-order valence-corrected chi connectivity index (χ2v) is 7.07. The Morgan fingerprint density at radius 3 is 2.37 bits per heavy atom. The van der Waals surface area contributed by atoms with E-state index in [2.05, 4.69) is 24.4 Å². The van der Waals surface area contributed by atoms with Crippen molar-refractivity contribution in [2.45, 2.75) is 26.3 Å². The van der Waals surface area contributed by atoms with Crippen LogP contribution in [0.25, 0.3) is 11.6 Å². The van der Waals surface area contributed by atoms with E-state index in [1.807, 2.05) is 49.4 Å². The molecule has 0 aliphatic rings. The average Bonchev–Trinajstić information content (AvgIpc) is 2.78. The number of amides is 1. The molecule has 5 nitrogen and oxygen atoms in total. The number of carbonyl (C=O) groups excluding carboxylic acids is 1. The molecule has 0 radical (unpaired) electrons. The first kappa shape index (κ1) is 21.0. The quantitative estimate of drug-likeness (QED) is 0.244. The van der Waals surface area contributed by atoms with Crippen LogP contribution in [0.2, 0.25) is 0 Å². The predicted octanol–water partition coefficient (Wildman–Crippen LogP) is 5.58. The van der Waals surface area contributed by atoms with E-state index in [-0.39, 0.29) is 17.6 Å². The van der Waals surface area contributed by atoms with Crippen molar-refractivity contribution in [3.05, 3.63) is 111 Å². The SMILES string of the molecule is CCc1ccc(C(C)NC(=O)/C(=C/c2cccc([N+](=O)[O-])c2)c2ccccc2)cc1. The molecule has 1 N–H and O–H groups in total. The summed E-state index contributed by atoms with van der Waals surface area (Å²) < 4.78 is 0. The van der Waals surface area contributed by atoms with Gasteiger partial charge < -0.3 is 5.32 Å². The standard InChI is InChI=1S/C25H24N2O3/c1-3-19-12-14-21(15-13-19)18(2)26-25(28)24(22-9-5-4-6-10-22)17-20-8-7-11-23(16-20)27(29)30/h4-18H,3H2,1-2H3,(H,26,28)/b24-17+. The summed E-state index contributed by atoms with van der Waals surface area (Å²) >= 11 is 0. The molecule has 3 aromatic rings. The van der Waals surface area contributed by atoms with Gasteiger partial charge in [-0.25, -0.2) is 0 Å². The van der Waals surface area contributed by atoms with Crippen LogP contribution in [0, 0.1) is 10.1 Å². The summed E-state index contributed by atoms with van der Waals surface area (Å²) in [5, 5.41) is 14.1. The minimum Gasteiger partial charge on any atom is -0.345 e. The van der Waals surface area contributed by atoms with Crippen LogP contribution >= 0.6 is 0 Å². The lowest BCUT2D eigenvalue weighted by Crippen LogP contribution is -2.27. The third-order valence-corrected chi connectivity index (χ3v) is 4.96. The van der Waals surface area contributed by atoms with E-state index in [9.17, 15) is 14.9 Å². The molecule has 0 saturated carbocycles. The van der Waals surface area contributed by atoms with Crippen LogP contribution in [-0.4, -0.2) is 10.8 Å². The smallest absolute Gasteiger partial charge is 0.270 e. The molecule has 152 valence electrons. The summed E-state index contributed by atoms with van der Waals surface area (Å²) in [4.78, 5) is 23.8. The summed E-state index contributed by atoms with van der Waals surface area (Å²) in [5.74, 6) is -0.236. The molecule has 3 aromatic carbocycles. The third kappa shape index (κ3) is 5.20. The van der Waals surface area contributed by atoms with Gasteiger partial charge >= 0.3 is 0 Å². The number of rotatable bonds is 7. The summed E-state index contributed by atoms with van der Waals surface area (Å²) in [5.41, 5.74) is 4.04. The summed E-state index contributed by atoms with van der Waals surface area (Å²) in [6.07, 6.45) is 2.65. The highest BCUT2D eigenvalue weighted by Gasteiger charge is 2.16. The number of hydrogen-bond donors (Lipinski definition) is 1. The summed E-state index contributed by atoms with van der Waals surface area (Å²) in [6, 6.07) is 23.5. The number of nitro groups is 1. The van der Waals surface area contributed by atoms with Crippen LogP contribution < -0.4 is 5.32 Å². The second-order valence-electron chi connectivity index (χ2n) is 7.07. The topological polar surface area (TPSA) is 72.2 Å². The lowest BCUT2D eigenvalue weighted by molar-refractivity contribution is -0.384. The van der Waals surface area contributed by atoms with Crippen molar-refractivity contribution in [2.75, 3.05) is 0 Å². The summed E-state index contributed by atoms with van der Waals surface area (Å²) in [7, 11) is 0. The number of non-ortho nitro benzene ring substituents is 1. The predicted molar refractivity (Wildman–Crippen MR) is 120 cm³/mol. The van der Waals surface area contributed by atoms with Gasteiger partial charge in [0.1, 0.15) is 0 Å². The summed E-state index contributed by atoms with van der Waals surface area (Å²) in [6.45, 7) is 4.04. The Hall–Kier alpha value is -3.73. The maximum Gasteiger partial charge on any atom is 0.270 e. The van der Waals surface area contributed by atoms with E-state index in [4.69, 9.17) is 0 Å². The Kier molecular flexibility index (Phi) is 6.75. The number of nitro benzene ring substituents is 1. The third-order valence-electron chi connectivity index (χ3n) is 4.96. The number of hydrogen-bond acceptors (Lipinski definition) is 3. The van der Waals surface area contributed by atoms with Crippen molar-refractivity contribution in [2.24, 2.45) is 0 Å². The molecule has 0 fully saturated rings. The van der Waals surface area contributed by atoms with Crippen LogP contribution in [0.1, 0.15) is 42.1 Å². The molecule has 0 heterocycles. The van der Waals surface area contributed by atoms with Crippen molar-refractivity contribution in [3.8, 4) is 0 Å². The molecule has 3 rings (SSSR count). The second kappa shape index (κ2) is 9.65. The Morgan fingerprint density at radius 2 is 1.73 bits per heavy atom. The van der Waals surface area contributed by atoms with Gasteiger partial charge in [-0.15, -0.1) is 0 Å². The molecular weight excluding hydrogens is 376 g/mol. The van der Waals surface area contributed by atoms with E-state index in [1.54, 1.807) is 18.2 Å². The zero-order chi connectivity index (χ0) is 21.5. The van der Waals surface area contributed by atoms with E-state index in [1.165, 1.54) is 17.7 Å². The first-order valence-electron chi connectivity index (χ1n) is 9.89. The molecule has 0 aliphatic heterocycles. The van der Waals surface area contributed by atoms with Crippen molar-refractivity contribution in [1.29, 1.82) is 0 Å². The largest absolute Gasteiger partial charge is 0.345 e. The number of nitrogens with zero attached hydrogens (tertiary/aromatic N) is 1. The van der Waals surface area contributed by atoms with Gasteiger partial charge in [0, 0.05) is 17.7 Å². The molecule has 1 unspecified atom stereocenters. The molecule has 0 saturated heterocycles. The molecule has 0 spiro atoms. The molecule has 0 aliphatic carbocycles. The fourth-order valence-electron chi connectivity index (χ4n) is 3.19. The van der Waals surface area contributed by atoms with Crippen molar-refractivity contribution >= 4 is 23.2 Å². The van der Waals surface area contributed by atoms with E-state index in [0.29, 0.717) is 11.1 Å². The molecule has 0 aromatic heterocycles. The minimum absolute atomic E-state index is 0.0130. The minimum atomic E-state index is -0.443. The van der Waals surface area contributed by atoms with Crippen molar-refractivity contribution in [3.63, 3.8) is 0 Å². The van der Waals surface area contributed by atoms with E-state index in [0.717, 1.165) is 17.5 Å². The number of aryl methyl sites for hydroxylation is 1. The van der Waals surface area contributed by atoms with Crippen LogP contribution in [0.15, 0.2) is 78.9 Å². The number of benzene rings is 3. The van der Waals surface area contributed by atoms with Gasteiger partial charge in [-0.2, -0.15) is 0 Å². The Balaban J connectivity index is 1.91. The highest BCUT2D eigenvalue weighted by Crippen LogP contribution is 2.23. The van der Waals surface area contributed by atoms with E-state index >= 15 is 0 Å². The zero-order valence-electron chi connectivity index (χ0n) is 17.0. The van der Waals surface area contributed by atoms with Gasteiger partial charge in [0.15, 0.2) is 0 Å². The number of carbonyl (C=O) groups is 1. The first-order chi connectivity index (χ1) is 14.5.